The number of hydrogen-bond acceptors (Lipinski definition) is 1. The van der Waals surface area contributed by atoms with Gasteiger partial charge >= 0.3 is 0 Å². The van der Waals surface area contributed by atoms with Crippen LogP contribution in [0, 0.1) is 0 Å². The number of hydrogen-bond donors (Lipinski definition) is 1. The van der Waals surface area contributed by atoms with E-state index in [4.69, 9.17) is 11.6 Å². The summed E-state index contributed by atoms with van der Waals surface area (Å²) in [5.74, 6) is 0.665. The largest absolute Gasteiger partial charge is 0.385 e. The molecule has 1 heterocycles. The van der Waals surface area contributed by atoms with Crippen LogP contribution in [0.3, 0.4) is 0 Å². The van der Waals surface area contributed by atoms with Gasteiger partial charge in [0.25, 0.3) is 0 Å². The number of fused-ring (bicyclic) bond motifs is 1. The van der Waals surface area contributed by atoms with Crippen molar-refractivity contribution < 1.29 is 0 Å². The molecule has 0 radical (unpaired) electrons. The molecule has 0 bridgehead atoms. The Morgan fingerprint density at radius 2 is 2.33 bits per heavy atom. The highest BCUT2D eigenvalue weighted by atomic mass is 35.5. The maximum atomic E-state index is 5.88. The predicted octanol–water partition coefficient (Wildman–Crippen LogP) is 3.26. The van der Waals surface area contributed by atoms with E-state index in [1.807, 2.05) is 12.1 Å². The van der Waals surface area contributed by atoms with E-state index in [9.17, 15) is 0 Å². The van der Waals surface area contributed by atoms with Gasteiger partial charge in [0.1, 0.15) is 0 Å². The summed E-state index contributed by atoms with van der Waals surface area (Å²) in [5.41, 5.74) is 2.60. The molecule has 1 aliphatic heterocycles. The lowest BCUT2D eigenvalue weighted by molar-refractivity contribution is 0.684. The van der Waals surface area contributed by atoms with Crippen LogP contribution in [-0.2, 0) is 0 Å². The number of halogens is 1. The molecule has 1 nitrogen and oxygen atoms in total. The Hall–Kier alpha value is -0.690. The minimum atomic E-state index is 0.665. The van der Waals surface area contributed by atoms with Gasteiger partial charge in [-0.15, -0.1) is 0 Å². The molecular weight excluding hydrogens is 170 g/mol. The van der Waals surface area contributed by atoms with Crippen LogP contribution in [0.2, 0.25) is 5.02 Å². The van der Waals surface area contributed by atoms with E-state index < -0.39 is 0 Å². The van der Waals surface area contributed by atoms with Crippen molar-refractivity contribution in [1.29, 1.82) is 0 Å². The molecule has 0 aromatic heterocycles. The highest BCUT2D eigenvalue weighted by molar-refractivity contribution is 6.30. The quantitative estimate of drug-likeness (QED) is 0.648. The highest BCUT2D eigenvalue weighted by Gasteiger charge is 2.15. The Bertz CT molecular complexity index is 296. The second-order valence-corrected chi connectivity index (χ2v) is 3.78. The third-order valence-electron chi connectivity index (χ3n) is 2.44. The van der Waals surface area contributed by atoms with E-state index >= 15 is 0 Å². The smallest absolute Gasteiger partial charge is 0.0426 e. The molecule has 0 spiro atoms. The third kappa shape index (κ3) is 1.29. The van der Waals surface area contributed by atoms with Gasteiger partial charge in [-0.25, -0.2) is 0 Å². The lowest BCUT2D eigenvalue weighted by Crippen LogP contribution is -2.14. The first-order chi connectivity index (χ1) is 5.77. The van der Waals surface area contributed by atoms with E-state index in [-0.39, 0.29) is 0 Å². The summed E-state index contributed by atoms with van der Waals surface area (Å²) in [5, 5.41) is 4.16. The van der Waals surface area contributed by atoms with Crippen LogP contribution in [-0.4, -0.2) is 6.54 Å². The zero-order chi connectivity index (χ0) is 8.55. The van der Waals surface area contributed by atoms with Gasteiger partial charge in [0, 0.05) is 17.3 Å². The molecule has 1 atom stereocenters. The first kappa shape index (κ1) is 7.93. The van der Waals surface area contributed by atoms with Gasteiger partial charge in [0.2, 0.25) is 0 Å². The average Bonchev–Trinajstić information content (AvgIpc) is 2.04. The molecule has 0 unspecified atom stereocenters. The first-order valence-electron chi connectivity index (χ1n) is 4.30. The van der Waals surface area contributed by atoms with Crippen molar-refractivity contribution >= 4 is 17.3 Å². The molecule has 2 heteroatoms. The van der Waals surface area contributed by atoms with Crippen LogP contribution in [0.5, 0.6) is 0 Å². The number of benzene rings is 1. The van der Waals surface area contributed by atoms with Gasteiger partial charge in [-0.1, -0.05) is 24.6 Å². The zero-order valence-electron chi connectivity index (χ0n) is 7.10. The van der Waals surface area contributed by atoms with E-state index in [0.29, 0.717) is 5.92 Å². The van der Waals surface area contributed by atoms with E-state index in [0.717, 1.165) is 11.6 Å². The molecule has 0 aliphatic carbocycles. The lowest BCUT2D eigenvalue weighted by Gasteiger charge is -2.23. The van der Waals surface area contributed by atoms with Gasteiger partial charge in [-0.3, -0.25) is 0 Å². The van der Waals surface area contributed by atoms with Crippen molar-refractivity contribution in [3.05, 3.63) is 28.8 Å². The minimum Gasteiger partial charge on any atom is -0.385 e. The summed E-state index contributed by atoms with van der Waals surface area (Å²) in [6.45, 7) is 3.32. The maximum absolute atomic E-state index is 5.88. The van der Waals surface area contributed by atoms with E-state index in [2.05, 4.69) is 18.3 Å². The molecule has 0 saturated heterocycles. The number of anilines is 1. The van der Waals surface area contributed by atoms with Crippen molar-refractivity contribution in [2.45, 2.75) is 19.3 Å². The fourth-order valence-electron chi connectivity index (χ4n) is 1.69. The molecule has 12 heavy (non-hydrogen) atoms. The van der Waals surface area contributed by atoms with Crippen LogP contribution in [0.1, 0.15) is 24.8 Å². The summed E-state index contributed by atoms with van der Waals surface area (Å²) in [7, 11) is 0. The second kappa shape index (κ2) is 2.98. The van der Waals surface area contributed by atoms with Crippen LogP contribution >= 0.6 is 11.6 Å². The minimum absolute atomic E-state index is 0.665. The van der Waals surface area contributed by atoms with Gasteiger partial charge < -0.3 is 5.32 Å². The highest BCUT2D eigenvalue weighted by Crippen LogP contribution is 2.32. The summed E-state index contributed by atoms with van der Waals surface area (Å²) in [6.07, 6.45) is 1.22. The molecule has 0 saturated carbocycles. The molecule has 64 valence electrons. The van der Waals surface area contributed by atoms with E-state index in [1.54, 1.807) is 0 Å². The summed E-state index contributed by atoms with van der Waals surface area (Å²) in [6, 6.07) is 6.09. The molecule has 1 aliphatic rings. The van der Waals surface area contributed by atoms with Crippen molar-refractivity contribution in [1.82, 2.24) is 0 Å². The summed E-state index contributed by atoms with van der Waals surface area (Å²) >= 11 is 5.88. The molecule has 1 aromatic carbocycles. The Kier molecular flexibility index (Phi) is 1.97. The van der Waals surface area contributed by atoms with Crippen LogP contribution in [0.25, 0.3) is 0 Å². The molecule has 0 amide bonds. The lowest BCUT2D eigenvalue weighted by atomic mass is 9.93. The Balaban J connectivity index is 2.46. The maximum Gasteiger partial charge on any atom is 0.0426 e. The third-order valence-corrected chi connectivity index (χ3v) is 2.67. The molecule has 1 N–H and O–H groups in total. The Morgan fingerprint density at radius 3 is 3.17 bits per heavy atom. The molecule has 1 aromatic rings. The molecular formula is C10H12ClN. The van der Waals surface area contributed by atoms with Crippen LogP contribution in [0.4, 0.5) is 5.69 Å². The van der Waals surface area contributed by atoms with E-state index in [1.165, 1.54) is 17.7 Å². The number of rotatable bonds is 0. The van der Waals surface area contributed by atoms with Gasteiger partial charge in [-0.2, -0.15) is 0 Å². The van der Waals surface area contributed by atoms with Crippen molar-refractivity contribution in [3.63, 3.8) is 0 Å². The fraction of sp³-hybridized carbons (Fsp3) is 0.400. The molecule has 2 rings (SSSR count). The zero-order valence-corrected chi connectivity index (χ0v) is 7.86. The van der Waals surface area contributed by atoms with Gasteiger partial charge in [0.15, 0.2) is 0 Å². The predicted molar refractivity (Wildman–Crippen MR) is 53.0 cm³/mol. The second-order valence-electron chi connectivity index (χ2n) is 3.35. The van der Waals surface area contributed by atoms with Crippen molar-refractivity contribution in [2.24, 2.45) is 0 Å². The van der Waals surface area contributed by atoms with Crippen molar-refractivity contribution in [2.75, 3.05) is 11.9 Å². The van der Waals surface area contributed by atoms with Crippen LogP contribution in [0.15, 0.2) is 18.2 Å². The standard InChI is InChI=1S/C10H12ClN/c1-7-4-5-12-10-6-8(11)2-3-9(7)10/h2-3,6-7,12H,4-5H2,1H3/t7-/m1/s1. The van der Waals surface area contributed by atoms with Crippen molar-refractivity contribution in [3.8, 4) is 0 Å². The van der Waals surface area contributed by atoms with Crippen LogP contribution < -0.4 is 5.32 Å². The molecule has 0 fully saturated rings. The summed E-state index contributed by atoms with van der Waals surface area (Å²) < 4.78 is 0. The Morgan fingerprint density at radius 1 is 1.50 bits per heavy atom. The fourth-order valence-corrected chi connectivity index (χ4v) is 1.86. The SMILES string of the molecule is C[C@@H]1CCNc2cc(Cl)ccc21. The Labute approximate surface area is 77.7 Å². The number of nitrogens with one attached hydrogen (secondary N) is 1. The monoisotopic (exact) mass is 181 g/mol. The normalized spacial score (nSPS) is 21.3. The average molecular weight is 182 g/mol. The van der Waals surface area contributed by atoms with Gasteiger partial charge in [0.05, 0.1) is 0 Å². The topological polar surface area (TPSA) is 12.0 Å². The van der Waals surface area contributed by atoms with Gasteiger partial charge in [-0.05, 0) is 30.0 Å². The first-order valence-corrected chi connectivity index (χ1v) is 4.68. The summed E-state index contributed by atoms with van der Waals surface area (Å²) in [4.78, 5) is 0.